The van der Waals surface area contributed by atoms with Crippen LogP contribution in [0.15, 0.2) is 60.7 Å². The molecule has 1 saturated carbocycles. The van der Waals surface area contributed by atoms with Gasteiger partial charge in [-0.2, -0.15) is 0 Å². The Kier molecular flexibility index (Phi) is 4.21. The van der Waals surface area contributed by atoms with Gasteiger partial charge in [0.25, 0.3) is 0 Å². The summed E-state index contributed by atoms with van der Waals surface area (Å²) in [6.45, 7) is 0.180. The van der Waals surface area contributed by atoms with Crippen LogP contribution in [0.3, 0.4) is 0 Å². The van der Waals surface area contributed by atoms with Gasteiger partial charge in [0.1, 0.15) is 5.82 Å². The van der Waals surface area contributed by atoms with Gasteiger partial charge in [0.2, 0.25) is 12.7 Å². The van der Waals surface area contributed by atoms with Gasteiger partial charge in [-0.1, -0.05) is 35.9 Å². The SMILES string of the molecule is O=C(Nc1cc(-c2cccc(Cl)c2)ccc1F)C1(c2ccc3c(c2)OCO3)CC1. The second-order valence-electron chi connectivity index (χ2n) is 7.31. The summed E-state index contributed by atoms with van der Waals surface area (Å²) in [4.78, 5) is 13.1. The maximum absolute atomic E-state index is 14.4. The predicted molar refractivity (Wildman–Crippen MR) is 109 cm³/mol. The smallest absolute Gasteiger partial charge is 0.235 e. The van der Waals surface area contributed by atoms with Crippen molar-refractivity contribution in [3.8, 4) is 22.6 Å². The molecule has 3 aromatic carbocycles. The zero-order valence-corrected chi connectivity index (χ0v) is 16.1. The van der Waals surface area contributed by atoms with Crippen LogP contribution < -0.4 is 14.8 Å². The van der Waals surface area contributed by atoms with E-state index < -0.39 is 11.2 Å². The Labute approximate surface area is 172 Å². The number of carbonyl (C=O) groups is 1. The molecule has 0 spiro atoms. The molecule has 6 heteroatoms. The molecule has 0 saturated heterocycles. The number of hydrogen-bond acceptors (Lipinski definition) is 3. The van der Waals surface area contributed by atoms with E-state index in [2.05, 4.69) is 5.32 Å². The van der Waals surface area contributed by atoms with Gasteiger partial charge >= 0.3 is 0 Å². The highest BCUT2D eigenvalue weighted by atomic mass is 35.5. The van der Waals surface area contributed by atoms with E-state index in [0.717, 1.165) is 16.7 Å². The molecule has 1 N–H and O–H groups in total. The second-order valence-corrected chi connectivity index (χ2v) is 7.75. The topological polar surface area (TPSA) is 47.6 Å². The molecule has 1 heterocycles. The number of carbonyl (C=O) groups excluding carboxylic acids is 1. The Bertz CT molecular complexity index is 1130. The summed E-state index contributed by atoms with van der Waals surface area (Å²) >= 11 is 6.06. The molecule has 0 aromatic heterocycles. The first-order valence-corrected chi connectivity index (χ1v) is 9.70. The number of benzene rings is 3. The summed E-state index contributed by atoms with van der Waals surface area (Å²) in [5.74, 6) is 0.602. The van der Waals surface area contributed by atoms with Crippen molar-refractivity contribution in [1.29, 1.82) is 0 Å². The van der Waals surface area contributed by atoms with E-state index >= 15 is 0 Å². The number of ether oxygens (including phenoxy) is 2. The van der Waals surface area contributed by atoms with Crippen LogP contribution >= 0.6 is 11.6 Å². The first-order valence-electron chi connectivity index (χ1n) is 9.32. The molecule has 29 heavy (non-hydrogen) atoms. The van der Waals surface area contributed by atoms with Crippen LogP contribution in [-0.4, -0.2) is 12.7 Å². The monoisotopic (exact) mass is 409 g/mol. The quantitative estimate of drug-likeness (QED) is 0.615. The minimum atomic E-state index is -0.667. The molecule has 3 aromatic rings. The maximum atomic E-state index is 14.4. The molecule has 146 valence electrons. The summed E-state index contributed by atoms with van der Waals surface area (Å²) in [7, 11) is 0. The summed E-state index contributed by atoms with van der Waals surface area (Å²) in [5, 5.41) is 3.38. The number of nitrogens with one attached hydrogen (secondary N) is 1. The third-order valence-electron chi connectivity index (χ3n) is 5.48. The van der Waals surface area contributed by atoms with E-state index in [-0.39, 0.29) is 18.4 Å². The molecule has 0 radical (unpaired) electrons. The molecule has 0 atom stereocenters. The van der Waals surface area contributed by atoms with Crippen molar-refractivity contribution in [3.63, 3.8) is 0 Å². The zero-order valence-electron chi connectivity index (χ0n) is 15.4. The molecular formula is C23H17ClFNO3. The van der Waals surface area contributed by atoms with Crippen molar-refractivity contribution in [2.75, 3.05) is 12.1 Å². The summed E-state index contributed by atoms with van der Waals surface area (Å²) in [5.41, 5.74) is 1.96. The normalized spacial score (nSPS) is 15.8. The molecule has 1 amide bonds. The Morgan fingerprint density at radius 2 is 1.76 bits per heavy atom. The first kappa shape index (κ1) is 18.0. The van der Waals surface area contributed by atoms with Crippen molar-refractivity contribution in [2.45, 2.75) is 18.3 Å². The van der Waals surface area contributed by atoms with Crippen LogP contribution in [0.5, 0.6) is 11.5 Å². The second kappa shape index (κ2) is 6.78. The predicted octanol–water partition coefficient (Wildman–Crippen LogP) is 5.55. The maximum Gasteiger partial charge on any atom is 0.235 e. The molecule has 1 aliphatic heterocycles. The van der Waals surface area contributed by atoms with Crippen LogP contribution in [0.4, 0.5) is 10.1 Å². The minimum absolute atomic E-state index is 0.152. The summed E-state index contributed by atoms with van der Waals surface area (Å²) < 4.78 is 25.2. The highest BCUT2D eigenvalue weighted by Crippen LogP contribution is 2.51. The van der Waals surface area contributed by atoms with E-state index in [1.807, 2.05) is 30.3 Å². The minimum Gasteiger partial charge on any atom is -0.454 e. The van der Waals surface area contributed by atoms with Crippen molar-refractivity contribution in [2.24, 2.45) is 0 Å². The average molecular weight is 410 g/mol. The van der Waals surface area contributed by atoms with Crippen LogP contribution in [0, 0.1) is 5.82 Å². The van der Waals surface area contributed by atoms with Crippen molar-refractivity contribution < 1.29 is 18.7 Å². The number of rotatable bonds is 4. The van der Waals surface area contributed by atoms with Crippen molar-refractivity contribution in [3.05, 3.63) is 77.1 Å². The molecular weight excluding hydrogens is 393 g/mol. The number of fused-ring (bicyclic) bond motifs is 1. The Morgan fingerprint density at radius 3 is 2.55 bits per heavy atom. The van der Waals surface area contributed by atoms with Crippen LogP contribution in [0.1, 0.15) is 18.4 Å². The number of amides is 1. The third-order valence-corrected chi connectivity index (χ3v) is 5.72. The fourth-order valence-electron chi connectivity index (χ4n) is 3.68. The molecule has 0 unspecified atom stereocenters. The molecule has 1 fully saturated rings. The fraction of sp³-hybridized carbons (Fsp3) is 0.174. The molecule has 2 aliphatic rings. The van der Waals surface area contributed by atoms with Gasteiger partial charge in [0.05, 0.1) is 11.1 Å². The van der Waals surface area contributed by atoms with Gasteiger partial charge in [-0.05, 0) is 65.9 Å². The molecule has 1 aliphatic carbocycles. The number of hydrogen-bond donors (Lipinski definition) is 1. The zero-order chi connectivity index (χ0) is 20.0. The first-order chi connectivity index (χ1) is 14.0. The highest BCUT2D eigenvalue weighted by molar-refractivity contribution is 6.30. The van der Waals surface area contributed by atoms with Gasteiger partial charge < -0.3 is 14.8 Å². The van der Waals surface area contributed by atoms with Crippen molar-refractivity contribution in [1.82, 2.24) is 0 Å². The highest BCUT2D eigenvalue weighted by Gasteiger charge is 2.51. The Morgan fingerprint density at radius 1 is 0.966 bits per heavy atom. The lowest BCUT2D eigenvalue weighted by Gasteiger charge is -2.17. The van der Waals surface area contributed by atoms with Gasteiger partial charge in [0.15, 0.2) is 11.5 Å². The van der Waals surface area contributed by atoms with Crippen LogP contribution in [0.25, 0.3) is 11.1 Å². The standard InChI is InChI=1S/C23H17ClFNO3/c24-17-3-1-2-14(10-17)15-4-6-18(25)19(11-15)26-22(27)23(8-9-23)16-5-7-20-21(12-16)29-13-28-20/h1-7,10-12H,8-9,13H2,(H,26,27). The van der Waals surface area contributed by atoms with E-state index in [0.29, 0.717) is 29.4 Å². The third kappa shape index (κ3) is 3.21. The van der Waals surface area contributed by atoms with Crippen LogP contribution in [-0.2, 0) is 10.2 Å². The van der Waals surface area contributed by atoms with Gasteiger partial charge in [0, 0.05) is 5.02 Å². The van der Waals surface area contributed by atoms with E-state index in [1.54, 1.807) is 24.3 Å². The molecule has 0 bridgehead atoms. The average Bonchev–Trinajstić information content (AvgIpc) is 3.40. The van der Waals surface area contributed by atoms with Gasteiger partial charge in [-0.25, -0.2) is 4.39 Å². The van der Waals surface area contributed by atoms with E-state index in [9.17, 15) is 9.18 Å². The summed E-state index contributed by atoms with van der Waals surface area (Å²) in [6, 6.07) is 17.5. The van der Waals surface area contributed by atoms with Gasteiger partial charge in [-0.15, -0.1) is 0 Å². The Hall–Kier alpha value is -3.05. The summed E-state index contributed by atoms with van der Waals surface area (Å²) in [6.07, 6.45) is 1.40. The van der Waals surface area contributed by atoms with Gasteiger partial charge in [-0.3, -0.25) is 4.79 Å². The van der Waals surface area contributed by atoms with E-state index in [1.165, 1.54) is 6.07 Å². The lowest BCUT2D eigenvalue weighted by atomic mass is 9.94. The van der Waals surface area contributed by atoms with Crippen LogP contribution in [0.2, 0.25) is 5.02 Å². The fourth-order valence-corrected chi connectivity index (χ4v) is 3.87. The van der Waals surface area contributed by atoms with E-state index in [4.69, 9.17) is 21.1 Å². The largest absolute Gasteiger partial charge is 0.454 e. The molecule has 5 rings (SSSR count). The lowest BCUT2D eigenvalue weighted by molar-refractivity contribution is -0.118. The molecule has 4 nitrogen and oxygen atoms in total. The van der Waals surface area contributed by atoms with Crippen molar-refractivity contribution >= 4 is 23.2 Å². The lowest BCUT2D eigenvalue weighted by Crippen LogP contribution is -2.28. The number of halogens is 2. The Balaban J connectivity index is 1.43. The number of anilines is 1.